The molecule has 1 heterocycles. The van der Waals surface area contributed by atoms with Gasteiger partial charge in [0.05, 0.1) is 18.7 Å². The monoisotopic (exact) mass is 356 g/mol. The highest BCUT2D eigenvalue weighted by atomic mass is 16.5. The van der Waals surface area contributed by atoms with E-state index in [1.165, 1.54) is 12.0 Å². The first-order chi connectivity index (χ1) is 12.3. The third-order valence-corrected chi connectivity index (χ3v) is 3.88. The fourth-order valence-corrected chi connectivity index (χ4v) is 2.38. The summed E-state index contributed by atoms with van der Waals surface area (Å²) in [4.78, 5) is 30.2. The van der Waals surface area contributed by atoms with E-state index < -0.39 is 0 Å². The Bertz CT molecular complexity index is 788. The molecule has 0 radical (unpaired) electrons. The Morgan fingerprint density at radius 3 is 2.50 bits per heavy atom. The minimum absolute atomic E-state index is 0.204. The molecule has 0 aliphatic carbocycles. The van der Waals surface area contributed by atoms with E-state index in [1.807, 2.05) is 26.0 Å². The van der Waals surface area contributed by atoms with E-state index in [9.17, 15) is 9.59 Å². The molecule has 0 aliphatic rings. The van der Waals surface area contributed by atoms with E-state index in [1.54, 1.807) is 38.5 Å². The average molecular weight is 356 g/mol. The number of methoxy groups -OCH3 is 1. The number of nitrogens with one attached hydrogen (secondary N) is 2. The predicted molar refractivity (Wildman–Crippen MR) is 101 cm³/mol. The van der Waals surface area contributed by atoms with Gasteiger partial charge < -0.3 is 20.3 Å². The highest BCUT2D eigenvalue weighted by Crippen LogP contribution is 2.24. The number of rotatable bonds is 5. The first-order valence-electron chi connectivity index (χ1n) is 8.21. The second-order valence-corrected chi connectivity index (χ2v) is 6.17. The van der Waals surface area contributed by atoms with E-state index in [4.69, 9.17) is 4.74 Å². The molecule has 138 valence electrons. The summed E-state index contributed by atoms with van der Waals surface area (Å²) in [7, 11) is 4.82. The summed E-state index contributed by atoms with van der Waals surface area (Å²) in [6.45, 7) is 3.78. The third kappa shape index (κ3) is 4.72. The number of carbonyl (C=O) groups is 2. The highest BCUT2D eigenvalue weighted by molar-refractivity contribution is 5.99. The molecule has 1 aromatic carbocycles. The van der Waals surface area contributed by atoms with Crippen molar-refractivity contribution >= 4 is 17.6 Å². The number of aromatic nitrogens is 1. The lowest BCUT2D eigenvalue weighted by Gasteiger charge is -2.17. The second kappa shape index (κ2) is 8.33. The van der Waals surface area contributed by atoms with E-state index >= 15 is 0 Å². The van der Waals surface area contributed by atoms with Crippen LogP contribution in [-0.2, 0) is 0 Å². The van der Waals surface area contributed by atoms with Gasteiger partial charge in [-0.1, -0.05) is 6.07 Å². The first kappa shape index (κ1) is 19.2. The minimum Gasteiger partial charge on any atom is -0.496 e. The Labute approximate surface area is 153 Å². The van der Waals surface area contributed by atoms with Gasteiger partial charge in [0.1, 0.15) is 5.75 Å². The quantitative estimate of drug-likeness (QED) is 0.863. The Hall–Kier alpha value is -3.09. The highest BCUT2D eigenvalue weighted by Gasteiger charge is 2.16. The molecule has 26 heavy (non-hydrogen) atoms. The van der Waals surface area contributed by atoms with Crippen molar-refractivity contribution in [2.75, 3.05) is 26.5 Å². The van der Waals surface area contributed by atoms with Crippen molar-refractivity contribution in [3.05, 3.63) is 53.3 Å². The Morgan fingerprint density at radius 1 is 1.19 bits per heavy atom. The molecule has 2 aromatic rings. The largest absolute Gasteiger partial charge is 0.496 e. The molecule has 0 aliphatic heterocycles. The van der Waals surface area contributed by atoms with Crippen molar-refractivity contribution in [3.8, 4) is 5.75 Å². The number of hydrogen-bond acceptors (Lipinski definition) is 4. The number of pyridine rings is 1. The maximum Gasteiger partial charge on any atom is 0.319 e. The summed E-state index contributed by atoms with van der Waals surface area (Å²) < 4.78 is 5.23. The number of urea groups is 1. The van der Waals surface area contributed by atoms with E-state index in [2.05, 4.69) is 15.6 Å². The van der Waals surface area contributed by atoms with Crippen molar-refractivity contribution in [1.29, 1.82) is 0 Å². The maximum absolute atomic E-state index is 12.3. The van der Waals surface area contributed by atoms with Gasteiger partial charge in [0.15, 0.2) is 0 Å². The first-order valence-corrected chi connectivity index (χ1v) is 8.21. The lowest BCUT2D eigenvalue weighted by Crippen LogP contribution is -2.31. The van der Waals surface area contributed by atoms with Crippen molar-refractivity contribution < 1.29 is 14.3 Å². The van der Waals surface area contributed by atoms with Crippen molar-refractivity contribution in [3.63, 3.8) is 0 Å². The number of nitrogens with zero attached hydrogens (tertiary/aromatic N) is 2. The standard InChI is InChI=1S/C19H24N4O3/c1-12-6-7-14(11-20-12)13(2)21-19(25)22-15-8-9-17(26-5)16(10-15)18(24)23(3)4/h6-11,13H,1-5H3,(H2,21,22,25)/t13-/m0/s1. The molecule has 7 nitrogen and oxygen atoms in total. The van der Waals surface area contributed by atoms with E-state index in [-0.39, 0.29) is 18.0 Å². The summed E-state index contributed by atoms with van der Waals surface area (Å²) in [5.74, 6) is 0.249. The van der Waals surface area contributed by atoms with Crippen LogP contribution >= 0.6 is 0 Å². The second-order valence-electron chi connectivity index (χ2n) is 6.17. The molecule has 3 amide bonds. The van der Waals surface area contributed by atoms with Gasteiger partial charge in [-0.15, -0.1) is 0 Å². The van der Waals surface area contributed by atoms with Crippen LogP contribution in [0.1, 0.15) is 34.6 Å². The van der Waals surface area contributed by atoms with Crippen LogP contribution in [0.4, 0.5) is 10.5 Å². The smallest absolute Gasteiger partial charge is 0.319 e. The van der Waals surface area contributed by atoms with Crippen LogP contribution < -0.4 is 15.4 Å². The molecule has 0 spiro atoms. The number of anilines is 1. The zero-order valence-corrected chi connectivity index (χ0v) is 15.7. The van der Waals surface area contributed by atoms with Gasteiger partial charge in [0, 0.05) is 31.7 Å². The molecular weight excluding hydrogens is 332 g/mol. The molecule has 0 saturated carbocycles. The molecule has 1 aromatic heterocycles. The van der Waals surface area contributed by atoms with E-state index in [0.717, 1.165) is 11.3 Å². The van der Waals surface area contributed by atoms with Crippen LogP contribution in [0.15, 0.2) is 36.5 Å². The normalized spacial score (nSPS) is 11.4. The average Bonchev–Trinajstić information content (AvgIpc) is 2.61. The lowest BCUT2D eigenvalue weighted by atomic mass is 10.1. The number of aryl methyl sites for hydroxylation is 1. The number of carbonyl (C=O) groups excluding carboxylic acids is 2. The third-order valence-electron chi connectivity index (χ3n) is 3.88. The van der Waals surface area contributed by atoms with Crippen molar-refractivity contribution in [1.82, 2.24) is 15.2 Å². The molecular formula is C19H24N4O3. The number of hydrogen-bond donors (Lipinski definition) is 2. The Balaban J connectivity index is 2.09. The predicted octanol–water partition coefficient (Wildman–Crippen LogP) is 2.98. The molecule has 1 atom stereocenters. The van der Waals surface area contributed by atoms with Gasteiger partial charge in [-0.05, 0) is 43.7 Å². The van der Waals surface area contributed by atoms with Crippen LogP contribution in [0.5, 0.6) is 5.75 Å². The maximum atomic E-state index is 12.3. The van der Waals surface area contributed by atoms with Gasteiger partial charge in [-0.25, -0.2) is 4.79 Å². The van der Waals surface area contributed by atoms with Crippen molar-refractivity contribution in [2.24, 2.45) is 0 Å². The Kier molecular flexibility index (Phi) is 6.16. The van der Waals surface area contributed by atoms with Crippen LogP contribution in [0.2, 0.25) is 0 Å². The molecule has 0 fully saturated rings. The molecule has 7 heteroatoms. The van der Waals surface area contributed by atoms with Crippen LogP contribution in [-0.4, -0.2) is 43.0 Å². The summed E-state index contributed by atoms with van der Waals surface area (Å²) in [6.07, 6.45) is 1.74. The molecule has 0 unspecified atom stereocenters. The van der Waals surface area contributed by atoms with Crippen LogP contribution in [0, 0.1) is 6.92 Å². The van der Waals surface area contributed by atoms with Crippen LogP contribution in [0.3, 0.4) is 0 Å². The van der Waals surface area contributed by atoms with Gasteiger partial charge in [0.25, 0.3) is 5.91 Å². The van der Waals surface area contributed by atoms with E-state index in [0.29, 0.717) is 17.0 Å². The number of ether oxygens (including phenoxy) is 1. The molecule has 2 N–H and O–H groups in total. The fraction of sp³-hybridized carbons (Fsp3) is 0.316. The zero-order valence-electron chi connectivity index (χ0n) is 15.7. The summed E-state index contributed by atoms with van der Waals surface area (Å²) in [5.41, 5.74) is 2.71. The number of benzene rings is 1. The fourth-order valence-electron chi connectivity index (χ4n) is 2.38. The topological polar surface area (TPSA) is 83.6 Å². The molecule has 0 bridgehead atoms. The van der Waals surface area contributed by atoms with Gasteiger partial charge >= 0.3 is 6.03 Å². The summed E-state index contributed by atoms with van der Waals surface area (Å²) >= 11 is 0. The lowest BCUT2D eigenvalue weighted by molar-refractivity contribution is 0.0824. The summed E-state index contributed by atoms with van der Waals surface area (Å²) in [5, 5.41) is 5.59. The SMILES string of the molecule is COc1ccc(NC(=O)N[C@@H](C)c2ccc(C)nc2)cc1C(=O)N(C)C. The number of amides is 3. The minimum atomic E-state index is -0.369. The summed E-state index contributed by atoms with van der Waals surface area (Å²) in [6, 6.07) is 8.18. The van der Waals surface area contributed by atoms with Crippen LogP contribution in [0.25, 0.3) is 0 Å². The van der Waals surface area contributed by atoms with Gasteiger partial charge in [-0.3, -0.25) is 9.78 Å². The zero-order chi connectivity index (χ0) is 19.3. The van der Waals surface area contributed by atoms with Crippen molar-refractivity contribution in [2.45, 2.75) is 19.9 Å². The van der Waals surface area contributed by atoms with Gasteiger partial charge in [-0.2, -0.15) is 0 Å². The Morgan fingerprint density at radius 2 is 1.92 bits per heavy atom. The van der Waals surface area contributed by atoms with Gasteiger partial charge in [0.2, 0.25) is 0 Å². The molecule has 0 saturated heterocycles. The molecule has 2 rings (SSSR count).